The largest absolute Gasteiger partial charge is 0.480 e. The molecule has 0 bridgehead atoms. The zero-order chi connectivity index (χ0) is 16.2. The summed E-state index contributed by atoms with van der Waals surface area (Å²) < 4.78 is 6.55. The molecule has 1 saturated carbocycles. The predicted octanol–water partition coefficient (Wildman–Crippen LogP) is 0.954. The molecule has 1 fully saturated rings. The van der Waals surface area contributed by atoms with Gasteiger partial charge in [0.1, 0.15) is 5.56 Å². The fourth-order valence-corrected chi connectivity index (χ4v) is 2.32. The molecule has 3 rings (SSSR count). The Bertz CT molecular complexity index is 768. The first-order valence-corrected chi connectivity index (χ1v) is 7.52. The third kappa shape index (κ3) is 3.56. The van der Waals surface area contributed by atoms with Crippen LogP contribution in [0, 0.1) is 0 Å². The number of aromatic nitrogens is 3. The van der Waals surface area contributed by atoms with Crippen LogP contribution in [-0.4, -0.2) is 34.1 Å². The Balaban J connectivity index is 1.58. The molecule has 2 heterocycles. The van der Waals surface area contributed by atoms with Gasteiger partial charge < -0.3 is 10.1 Å². The van der Waals surface area contributed by atoms with E-state index in [4.69, 9.17) is 4.74 Å². The lowest BCUT2D eigenvalue weighted by Gasteiger charge is -2.09. The lowest BCUT2D eigenvalue weighted by Crippen LogP contribution is -2.31. The van der Waals surface area contributed by atoms with E-state index < -0.39 is 0 Å². The highest BCUT2D eigenvalue weighted by molar-refractivity contribution is 5.96. The number of nitrogens with zero attached hydrogens (tertiary/aromatic N) is 3. The summed E-state index contributed by atoms with van der Waals surface area (Å²) in [4.78, 5) is 32.4. The van der Waals surface area contributed by atoms with E-state index in [0.29, 0.717) is 24.6 Å². The van der Waals surface area contributed by atoms with Crippen LogP contribution in [0.1, 0.15) is 34.8 Å². The number of carbonyl (C=O) groups is 1. The highest BCUT2D eigenvalue weighted by atomic mass is 16.5. The maximum atomic E-state index is 12.1. The molecule has 0 saturated heterocycles. The van der Waals surface area contributed by atoms with Crippen LogP contribution in [0.4, 0.5) is 0 Å². The molecule has 2 aromatic heterocycles. The van der Waals surface area contributed by atoms with Gasteiger partial charge in [-0.2, -0.15) is 0 Å². The summed E-state index contributed by atoms with van der Waals surface area (Å²) in [6.45, 7) is 0.687. The average molecular weight is 314 g/mol. The molecule has 0 aromatic carbocycles. The molecule has 1 aliphatic rings. The second-order valence-electron chi connectivity index (χ2n) is 5.44. The number of pyridine rings is 1. The molecule has 120 valence electrons. The summed E-state index contributed by atoms with van der Waals surface area (Å²) >= 11 is 0. The van der Waals surface area contributed by atoms with Crippen molar-refractivity contribution in [3.05, 3.63) is 52.3 Å². The summed E-state index contributed by atoms with van der Waals surface area (Å²) in [6, 6.07) is 4.89. The van der Waals surface area contributed by atoms with Crippen molar-refractivity contribution in [2.24, 2.45) is 0 Å². The molecule has 7 heteroatoms. The fourth-order valence-electron chi connectivity index (χ4n) is 2.32. The summed E-state index contributed by atoms with van der Waals surface area (Å²) in [6.07, 6.45) is 5.33. The van der Waals surface area contributed by atoms with E-state index in [-0.39, 0.29) is 17.3 Å². The first kappa shape index (κ1) is 15.2. The number of hydrogen-bond acceptors (Lipinski definition) is 5. The SMILES string of the molecule is COc1ncccc1C(=O)NCCn1cnc(C2CC2)cc1=O. The van der Waals surface area contributed by atoms with Crippen molar-refractivity contribution in [2.45, 2.75) is 25.3 Å². The Kier molecular flexibility index (Phi) is 4.36. The molecule has 1 amide bonds. The highest BCUT2D eigenvalue weighted by Crippen LogP contribution is 2.38. The zero-order valence-corrected chi connectivity index (χ0v) is 12.9. The third-order valence-electron chi connectivity index (χ3n) is 3.74. The van der Waals surface area contributed by atoms with Gasteiger partial charge in [-0.1, -0.05) is 0 Å². The summed E-state index contributed by atoms with van der Waals surface area (Å²) in [5.41, 5.74) is 1.15. The van der Waals surface area contributed by atoms with E-state index in [1.807, 2.05) is 0 Å². The van der Waals surface area contributed by atoms with Gasteiger partial charge in [0.05, 0.1) is 19.1 Å². The van der Waals surface area contributed by atoms with Gasteiger partial charge in [-0.25, -0.2) is 9.97 Å². The van der Waals surface area contributed by atoms with Gasteiger partial charge in [0.2, 0.25) is 5.88 Å². The number of carbonyl (C=O) groups excluding carboxylic acids is 1. The number of amides is 1. The summed E-state index contributed by atoms with van der Waals surface area (Å²) in [5, 5.41) is 2.75. The van der Waals surface area contributed by atoms with Gasteiger partial charge in [-0.3, -0.25) is 14.2 Å². The van der Waals surface area contributed by atoms with E-state index in [0.717, 1.165) is 18.5 Å². The molecule has 1 aliphatic carbocycles. The van der Waals surface area contributed by atoms with Crippen molar-refractivity contribution in [3.63, 3.8) is 0 Å². The van der Waals surface area contributed by atoms with Crippen LogP contribution >= 0.6 is 0 Å². The molecule has 2 aromatic rings. The molecule has 0 atom stereocenters. The molecular weight excluding hydrogens is 296 g/mol. The number of hydrogen-bond donors (Lipinski definition) is 1. The normalized spacial score (nSPS) is 13.6. The fraction of sp³-hybridized carbons (Fsp3) is 0.375. The van der Waals surface area contributed by atoms with Crippen molar-refractivity contribution < 1.29 is 9.53 Å². The van der Waals surface area contributed by atoms with Crippen molar-refractivity contribution in [3.8, 4) is 5.88 Å². The van der Waals surface area contributed by atoms with Gasteiger partial charge in [0.25, 0.3) is 11.5 Å². The van der Waals surface area contributed by atoms with Crippen LogP contribution in [0.15, 0.2) is 35.5 Å². The molecule has 1 N–H and O–H groups in total. The van der Waals surface area contributed by atoms with Crippen molar-refractivity contribution in [2.75, 3.05) is 13.7 Å². The lowest BCUT2D eigenvalue weighted by molar-refractivity contribution is 0.0948. The van der Waals surface area contributed by atoms with Crippen molar-refractivity contribution >= 4 is 5.91 Å². The number of rotatable bonds is 6. The maximum Gasteiger partial charge on any atom is 0.256 e. The van der Waals surface area contributed by atoms with Gasteiger partial charge in [-0.15, -0.1) is 0 Å². The minimum Gasteiger partial charge on any atom is -0.480 e. The molecule has 0 aliphatic heterocycles. The maximum absolute atomic E-state index is 12.1. The predicted molar refractivity (Wildman–Crippen MR) is 83.6 cm³/mol. The van der Waals surface area contributed by atoms with Crippen LogP contribution in [-0.2, 0) is 6.54 Å². The first-order valence-electron chi connectivity index (χ1n) is 7.52. The minimum atomic E-state index is -0.287. The van der Waals surface area contributed by atoms with Crippen molar-refractivity contribution in [1.29, 1.82) is 0 Å². The summed E-state index contributed by atoms with van der Waals surface area (Å²) in [7, 11) is 1.46. The molecule has 0 radical (unpaired) electrons. The number of ether oxygens (including phenoxy) is 1. The van der Waals surface area contributed by atoms with Crippen LogP contribution < -0.4 is 15.6 Å². The van der Waals surface area contributed by atoms with Crippen molar-refractivity contribution in [1.82, 2.24) is 19.9 Å². The second-order valence-corrected chi connectivity index (χ2v) is 5.44. The van der Waals surface area contributed by atoms with Crippen LogP contribution in [0.5, 0.6) is 5.88 Å². The van der Waals surface area contributed by atoms with E-state index in [2.05, 4.69) is 15.3 Å². The second kappa shape index (κ2) is 6.60. The molecular formula is C16H18N4O3. The summed E-state index contributed by atoms with van der Waals surface area (Å²) in [5.74, 6) is 0.443. The Hall–Kier alpha value is -2.70. The molecule has 0 spiro atoms. The monoisotopic (exact) mass is 314 g/mol. The van der Waals surface area contributed by atoms with Crippen LogP contribution in [0.25, 0.3) is 0 Å². The first-order chi connectivity index (χ1) is 11.2. The number of methoxy groups -OCH3 is 1. The van der Waals surface area contributed by atoms with E-state index in [9.17, 15) is 9.59 Å². The van der Waals surface area contributed by atoms with Gasteiger partial charge >= 0.3 is 0 Å². The average Bonchev–Trinajstić information content (AvgIpc) is 3.41. The highest BCUT2D eigenvalue weighted by Gasteiger charge is 2.25. The van der Waals surface area contributed by atoms with Gasteiger partial charge in [0, 0.05) is 31.3 Å². The lowest BCUT2D eigenvalue weighted by atomic mass is 10.2. The Morgan fingerprint density at radius 1 is 1.43 bits per heavy atom. The zero-order valence-electron chi connectivity index (χ0n) is 12.9. The molecule has 0 unspecified atom stereocenters. The van der Waals surface area contributed by atoms with E-state index in [1.54, 1.807) is 30.7 Å². The quantitative estimate of drug-likeness (QED) is 0.858. The smallest absolute Gasteiger partial charge is 0.256 e. The van der Waals surface area contributed by atoms with Crippen LogP contribution in [0.2, 0.25) is 0 Å². The van der Waals surface area contributed by atoms with Crippen LogP contribution in [0.3, 0.4) is 0 Å². The molecule has 7 nitrogen and oxygen atoms in total. The van der Waals surface area contributed by atoms with Gasteiger partial charge in [-0.05, 0) is 25.0 Å². The Morgan fingerprint density at radius 3 is 2.96 bits per heavy atom. The van der Waals surface area contributed by atoms with E-state index >= 15 is 0 Å². The van der Waals surface area contributed by atoms with E-state index in [1.165, 1.54) is 11.7 Å². The molecule has 23 heavy (non-hydrogen) atoms. The Morgan fingerprint density at radius 2 is 2.26 bits per heavy atom. The minimum absolute atomic E-state index is 0.0879. The topological polar surface area (TPSA) is 86.1 Å². The van der Waals surface area contributed by atoms with Gasteiger partial charge in [0.15, 0.2) is 0 Å². The Labute approximate surface area is 133 Å². The standard InChI is InChI=1S/C16H18N4O3/c1-23-16-12(3-2-6-18-16)15(22)17-7-8-20-10-19-13(9-14(20)21)11-4-5-11/h2-3,6,9-11H,4-5,7-8H2,1H3,(H,17,22). The third-order valence-corrected chi connectivity index (χ3v) is 3.74. The number of nitrogens with one attached hydrogen (secondary N) is 1.